The molecule has 6 heteroatoms. The van der Waals surface area contributed by atoms with E-state index in [1.807, 2.05) is 42.5 Å². The SMILES string of the molecule is Cc1nc(N)nc(-c2ccccc2OCCc2ccccc2)c1C(N)=O. The van der Waals surface area contributed by atoms with Crippen molar-refractivity contribution < 1.29 is 9.53 Å². The van der Waals surface area contributed by atoms with Gasteiger partial charge in [0.2, 0.25) is 5.95 Å². The molecule has 1 heterocycles. The lowest BCUT2D eigenvalue weighted by molar-refractivity contribution is 0.0999. The van der Waals surface area contributed by atoms with Crippen molar-refractivity contribution >= 4 is 11.9 Å². The Kier molecular flexibility index (Phi) is 5.12. The van der Waals surface area contributed by atoms with Crippen molar-refractivity contribution in [1.29, 1.82) is 0 Å². The Labute approximate surface area is 151 Å². The monoisotopic (exact) mass is 348 g/mol. The van der Waals surface area contributed by atoms with Crippen molar-refractivity contribution in [3.63, 3.8) is 0 Å². The van der Waals surface area contributed by atoms with Crippen molar-refractivity contribution in [2.24, 2.45) is 5.73 Å². The third-order valence-electron chi connectivity index (χ3n) is 3.99. The van der Waals surface area contributed by atoms with Crippen molar-refractivity contribution in [2.75, 3.05) is 12.3 Å². The highest BCUT2D eigenvalue weighted by Gasteiger charge is 2.19. The van der Waals surface area contributed by atoms with Crippen LogP contribution in [0.3, 0.4) is 0 Å². The van der Waals surface area contributed by atoms with Crippen LogP contribution < -0.4 is 16.2 Å². The first-order valence-corrected chi connectivity index (χ1v) is 8.26. The minimum absolute atomic E-state index is 0.0848. The minimum atomic E-state index is -0.600. The molecule has 0 aliphatic carbocycles. The third-order valence-corrected chi connectivity index (χ3v) is 3.99. The molecule has 0 unspecified atom stereocenters. The largest absolute Gasteiger partial charge is 0.493 e. The van der Waals surface area contributed by atoms with E-state index in [0.717, 1.165) is 6.42 Å². The molecule has 3 rings (SSSR count). The maximum absolute atomic E-state index is 11.9. The van der Waals surface area contributed by atoms with Gasteiger partial charge in [-0.15, -0.1) is 0 Å². The summed E-state index contributed by atoms with van der Waals surface area (Å²) in [5.74, 6) is 0.0987. The third kappa shape index (κ3) is 3.80. The number of anilines is 1. The van der Waals surface area contributed by atoms with E-state index in [1.165, 1.54) is 5.56 Å². The molecule has 0 spiro atoms. The van der Waals surface area contributed by atoms with E-state index in [1.54, 1.807) is 6.92 Å². The van der Waals surface area contributed by atoms with Gasteiger partial charge < -0.3 is 16.2 Å². The number of hydrogen-bond donors (Lipinski definition) is 2. The molecule has 0 aliphatic heterocycles. The van der Waals surface area contributed by atoms with E-state index in [0.29, 0.717) is 29.3 Å². The number of primary amides is 1. The average molecular weight is 348 g/mol. The fraction of sp³-hybridized carbons (Fsp3) is 0.150. The van der Waals surface area contributed by atoms with E-state index in [4.69, 9.17) is 16.2 Å². The quantitative estimate of drug-likeness (QED) is 0.713. The van der Waals surface area contributed by atoms with Gasteiger partial charge in [0.15, 0.2) is 0 Å². The van der Waals surface area contributed by atoms with E-state index in [2.05, 4.69) is 22.1 Å². The highest BCUT2D eigenvalue weighted by Crippen LogP contribution is 2.32. The molecule has 132 valence electrons. The summed E-state index contributed by atoms with van der Waals surface area (Å²) in [6.45, 7) is 2.17. The minimum Gasteiger partial charge on any atom is -0.493 e. The first-order chi connectivity index (χ1) is 12.6. The number of aryl methyl sites for hydroxylation is 1. The fourth-order valence-corrected chi connectivity index (χ4v) is 2.80. The molecule has 3 aromatic rings. The zero-order valence-corrected chi connectivity index (χ0v) is 14.5. The molecule has 2 aromatic carbocycles. The number of amides is 1. The van der Waals surface area contributed by atoms with Crippen LogP contribution in [0, 0.1) is 6.92 Å². The van der Waals surface area contributed by atoms with Crippen LogP contribution in [0.2, 0.25) is 0 Å². The number of rotatable bonds is 6. The van der Waals surface area contributed by atoms with Crippen LogP contribution in [0.5, 0.6) is 5.75 Å². The van der Waals surface area contributed by atoms with Crippen molar-refractivity contribution in [1.82, 2.24) is 9.97 Å². The predicted octanol–water partition coefficient (Wildman–Crippen LogP) is 2.75. The van der Waals surface area contributed by atoms with Gasteiger partial charge in [-0.05, 0) is 24.6 Å². The van der Waals surface area contributed by atoms with Gasteiger partial charge in [0.05, 0.1) is 23.6 Å². The van der Waals surface area contributed by atoms with Gasteiger partial charge in [0.25, 0.3) is 5.91 Å². The van der Waals surface area contributed by atoms with Gasteiger partial charge in [-0.25, -0.2) is 9.97 Å². The number of nitrogens with zero attached hydrogens (tertiary/aromatic N) is 2. The molecule has 1 aromatic heterocycles. The number of nitrogens with two attached hydrogens (primary N) is 2. The Morgan fingerprint density at radius 1 is 1.04 bits per heavy atom. The van der Waals surface area contributed by atoms with E-state index in [9.17, 15) is 4.79 Å². The van der Waals surface area contributed by atoms with Gasteiger partial charge in [-0.2, -0.15) is 0 Å². The van der Waals surface area contributed by atoms with Crippen LogP contribution in [-0.4, -0.2) is 22.5 Å². The second kappa shape index (κ2) is 7.65. The summed E-state index contributed by atoms with van der Waals surface area (Å²) >= 11 is 0. The molecule has 0 fully saturated rings. The van der Waals surface area contributed by atoms with Gasteiger partial charge >= 0.3 is 0 Å². The van der Waals surface area contributed by atoms with Gasteiger partial charge in [-0.1, -0.05) is 42.5 Å². The summed E-state index contributed by atoms with van der Waals surface area (Å²) < 4.78 is 5.96. The maximum Gasteiger partial charge on any atom is 0.252 e. The number of ether oxygens (including phenoxy) is 1. The molecule has 0 radical (unpaired) electrons. The van der Waals surface area contributed by atoms with Crippen LogP contribution >= 0.6 is 0 Å². The van der Waals surface area contributed by atoms with Gasteiger partial charge in [0.1, 0.15) is 5.75 Å². The molecule has 26 heavy (non-hydrogen) atoms. The Morgan fingerprint density at radius 2 is 1.73 bits per heavy atom. The highest BCUT2D eigenvalue weighted by atomic mass is 16.5. The fourth-order valence-electron chi connectivity index (χ4n) is 2.80. The first-order valence-electron chi connectivity index (χ1n) is 8.26. The number of para-hydroxylation sites is 1. The van der Waals surface area contributed by atoms with Crippen LogP contribution in [0.25, 0.3) is 11.3 Å². The Hall–Kier alpha value is -3.41. The second-order valence-corrected chi connectivity index (χ2v) is 5.84. The van der Waals surface area contributed by atoms with Crippen molar-refractivity contribution in [3.05, 3.63) is 71.4 Å². The Balaban J connectivity index is 1.91. The lowest BCUT2D eigenvalue weighted by atomic mass is 10.0. The molecular formula is C20H20N4O2. The molecule has 0 aliphatic rings. The first kappa shape index (κ1) is 17.4. The summed E-state index contributed by atoms with van der Waals surface area (Å²) in [6.07, 6.45) is 0.767. The number of benzene rings is 2. The molecule has 0 saturated carbocycles. The predicted molar refractivity (Wildman–Crippen MR) is 101 cm³/mol. The Morgan fingerprint density at radius 3 is 2.46 bits per heavy atom. The zero-order valence-electron chi connectivity index (χ0n) is 14.5. The van der Waals surface area contributed by atoms with Crippen LogP contribution in [0.15, 0.2) is 54.6 Å². The Bertz CT molecular complexity index is 926. The summed E-state index contributed by atoms with van der Waals surface area (Å²) in [5, 5.41) is 0. The number of aromatic nitrogens is 2. The van der Waals surface area contributed by atoms with Crippen LogP contribution in [0.4, 0.5) is 5.95 Å². The van der Waals surface area contributed by atoms with E-state index < -0.39 is 5.91 Å². The summed E-state index contributed by atoms with van der Waals surface area (Å²) in [6, 6.07) is 17.4. The summed E-state index contributed by atoms with van der Waals surface area (Å²) in [4.78, 5) is 20.2. The number of carbonyl (C=O) groups is 1. The molecule has 0 atom stereocenters. The van der Waals surface area contributed by atoms with Gasteiger partial charge in [-0.3, -0.25) is 4.79 Å². The van der Waals surface area contributed by atoms with Gasteiger partial charge in [0, 0.05) is 12.0 Å². The average Bonchev–Trinajstić information content (AvgIpc) is 2.62. The molecular weight excluding hydrogens is 328 g/mol. The van der Waals surface area contributed by atoms with Crippen LogP contribution in [-0.2, 0) is 6.42 Å². The topological polar surface area (TPSA) is 104 Å². The van der Waals surface area contributed by atoms with Crippen molar-refractivity contribution in [2.45, 2.75) is 13.3 Å². The van der Waals surface area contributed by atoms with E-state index in [-0.39, 0.29) is 11.5 Å². The smallest absolute Gasteiger partial charge is 0.252 e. The second-order valence-electron chi connectivity index (χ2n) is 5.84. The molecule has 1 amide bonds. The van der Waals surface area contributed by atoms with E-state index >= 15 is 0 Å². The van der Waals surface area contributed by atoms with Crippen molar-refractivity contribution in [3.8, 4) is 17.0 Å². The molecule has 6 nitrogen and oxygen atoms in total. The summed E-state index contributed by atoms with van der Waals surface area (Å²) in [5.41, 5.74) is 14.2. The standard InChI is InChI=1S/C20H20N4O2/c1-13-17(19(21)25)18(24-20(22)23-13)15-9-5-6-10-16(15)26-12-11-14-7-3-2-4-8-14/h2-10H,11-12H2,1H3,(H2,21,25)(H2,22,23,24). The number of nitrogen functional groups attached to an aromatic ring is 1. The zero-order chi connectivity index (χ0) is 18.5. The lowest BCUT2D eigenvalue weighted by Gasteiger charge is -2.14. The number of hydrogen-bond acceptors (Lipinski definition) is 5. The highest BCUT2D eigenvalue weighted by molar-refractivity contribution is 6.00. The molecule has 4 N–H and O–H groups in total. The van der Waals surface area contributed by atoms with Crippen LogP contribution in [0.1, 0.15) is 21.6 Å². The maximum atomic E-state index is 11.9. The molecule has 0 saturated heterocycles. The normalized spacial score (nSPS) is 10.5. The lowest BCUT2D eigenvalue weighted by Crippen LogP contribution is -2.17. The number of carbonyl (C=O) groups excluding carboxylic acids is 1. The molecule has 0 bridgehead atoms. The summed E-state index contributed by atoms with van der Waals surface area (Å²) in [7, 11) is 0.